The van der Waals surface area contributed by atoms with Gasteiger partial charge in [0.25, 0.3) is 0 Å². The molecule has 1 unspecified atom stereocenters. The molecule has 0 bridgehead atoms. The number of nitrogens with two attached hydrogens (primary N) is 1. The molecule has 2 N–H and O–H groups in total. The Balaban J connectivity index is 1.89. The van der Waals surface area contributed by atoms with Gasteiger partial charge >= 0.3 is 0 Å². The number of nitrogens with zero attached hydrogens (tertiary/aromatic N) is 1. The van der Waals surface area contributed by atoms with Crippen LogP contribution in [0.2, 0.25) is 0 Å². The number of benzene rings is 2. The Hall–Kier alpha value is -2.26. The van der Waals surface area contributed by atoms with E-state index in [0.29, 0.717) is 12.0 Å². The van der Waals surface area contributed by atoms with Gasteiger partial charge in [0.2, 0.25) is 0 Å². The van der Waals surface area contributed by atoms with Gasteiger partial charge in [-0.2, -0.15) is 0 Å². The Morgan fingerprint density at radius 1 is 1.05 bits per heavy atom. The monoisotopic (exact) mass is 266 g/mol. The highest BCUT2D eigenvalue weighted by molar-refractivity contribution is 5.79. The lowest BCUT2D eigenvalue weighted by atomic mass is 9.98. The zero-order valence-corrected chi connectivity index (χ0v) is 11.0. The van der Waals surface area contributed by atoms with E-state index < -0.39 is 0 Å². The van der Waals surface area contributed by atoms with Gasteiger partial charge in [0.05, 0.1) is 5.52 Å². The summed E-state index contributed by atoms with van der Waals surface area (Å²) in [4.78, 5) is 4.28. The molecule has 3 aromatic rings. The van der Waals surface area contributed by atoms with Crippen molar-refractivity contribution in [3.05, 3.63) is 77.7 Å². The maximum absolute atomic E-state index is 13.7. The molecule has 0 saturated heterocycles. The van der Waals surface area contributed by atoms with Gasteiger partial charge in [-0.25, -0.2) is 4.39 Å². The zero-order valence-electron chi connectivity index (χ0n) is 11.0. The third-order valence-electron chi connectivity index (χ3n) is 3.45. The minimum Gasteiger partial charge on any atom is -0.324 e. The minimum atomic E-state index is -0.225. The quantitative estimate of drug-likeness (QED) is 0.786. The second-order valence-electron chi connectivity index (χ2n) is 4.86. The van der Waals surface area contributed by atoms with Crippen molar-refractivity contribution in [3.8, 4) is 0 Å². The summed E-state index contributed by atoms with van der Waals surface area (Å²) >= 11 is 0. The molecule has 0 aliphatic rings. The average Bonchev–Trinajstić information content (AvgIpc) is 2.49. The van der Waals surface area contributed by atoms with Crippen LogP contribution in [0.1, 0.15) is 17.2 Å². The van der Waals surface area contributed by atoms with E-state index in [1.807, 2.05) is 36.4 Å². The van der Waals surface area contributed by atoms with Crippen molar-refractivity contribution >= 4 is 10.9 Å². The molecule has 0 fully saturated rings. The van der Waals surface area contributed by atoms with Crippen LogP contribution in [-0.2, 0) is 6.42 Å². The van der Waals surface area contributed by atoms with Crippen LogP contribution in [0.25, 0.3) is 10.9 Å². The van der Waals surface area contributed by atoms with Gasteiger partial charge in [-0.05, 0) is 41.8 Å². The highest BCUT2D eigenvalue weighted by Crippen LogP contribution is 2.21. The number of aromatic nitrogens is 1. The third kappa shape index (κ3) is 2.53. The van der Waals surface area contributed by atoms with Crippen LogP contribution in [0.3, 0.4) is 0 Å². The molecular weight excluding hydrogens is 251 g/mol. The minimum absolute atomic E-state index is 0.203. The van der Waals surface area contributed by atoms with Crippen LogP contribution < -0.4 is 5.73 Å². The van der Waals surface area contributed by atoms with E-state index in [4.69, 9.17) is 5.73 Å². The highest BCUT2D eigenvalue weighted by Gasteiger charge is 2.10. The molecule has 0 spiro atoms. The summed E-state index contributed by atoms with van der Waals surface area (Å²) in [6.45, 7) is 0. The molecule has 0 radical (unpaired) electrons. The highest BCUT2D eigenvalue weighted by atomic mass is 19.1. The van der Waals surface area contributed by atoms with Crippen LogP contribution in [-0.4, -0.2) is 4.98 Å². The maximum Gasteiger partial charge on any atom is 0.126 e. The third-order valence-corrected chi connectivity index (χ3v) is 3.45. The summed E-state index contributed by atoms with van der Waals surface area (Å²) in [5, 5.41) is 1.05. The van der Waals surface area contributed by atoms with Gasteiger partial charge in [0.1, 0.15) is 5.82 Å². The largest absolute Gasteiger partial charge is 0.324 e. The molecule has 2 nitrogen and oxygen atoms in total. The predicted octanol–water partition coefficient (Wildman–Crippen LogP) is 3.62. The van der Waals surface area contributed by atoms with Crippen molar-refractivity contribution in [1.82, 2.24) is 4.98 Å². The van der Waals surface area contributed by atoms with E-state index in [-0.39, 0.29) is 11.9 Å². The van der Waals surface area contributed by atoms with Crippen LogP contribution in [0.4, 0.5) is 4.39 Å². The molecule has 0 aliphatic carbocycles. The van der Waals surface area contributed by atoms with Gasteiger partial charge in [0, 0.05) is 17.6 Å². The van der Waals surface area contributed by atoms with Crippen LogP contribution >= 0.6 is 0 Å². The first-order valence-corrected chi connectivity index (χ1v) is 6.58. The van der Waals surface area contributed by atoms with E-state index in [0.717, 1.165) is 16.5 Å². The van der Waals surface area contributed by atoms with Gasteiger partial charge in [-0.3, -0.25) is 4.98 Å². The van der Waals surface area contributed by atoms with E-state index in [2.05, 4.69) is 4.98 Å². The molecule has 1 atom stereocenters. The van der Waals surface area contributed by atoms with Crippen molar-refractivity contribution in [1.29, 1.82) is 0 Å². The van der Waals surface area contributed by atoms with Gasteiger partial charge in [-0.1, -0.05) is 30.3 Å². The Morgan fingerprint density at radius 3 is 2.75 bits per heavy atom. The number of hydrogen-bond acceptors (Lipinski definition) is 2. The summed E-state index contributed by atoms with van der Waals surface area (Å²) in [7, 11) is 0. The Labute approximate surface area is 117 Å². The van der Waals surface area contributed by atoms with Crippen molar-refractivity contribution in [2.45, 2.75) is 12.5 Å². The molecule has 20 heavy (non-hydrogen) atoms. The molecule has 100 valence electrons. The normalized spacial score (nSPS) is 12.5. The molecule has 2 aromatic carbocycles. The van der Waals surface area contributed by atoms with Crippen molar-refractivity contribution in [2.75, 3.05) is 0 Å². The number of fused-ring (bicyclic) bond motifs is 1. The molecular formula is C17H15FN2. The van der Waals surface area contributed by atoms with E-state index in [9.17, 15) is 4.39 Å². The van der Waals surface area contributed by atoms with E-state index in [1.54, 1.807) is 18.3 Å². The van der Waals surface area contributed by atoms with Crippen molar-refractivity contribution < 1.29 is 4.39 Å². The van der Waals surface area contributed by atoms with Crippen molar-refractivity contribution in [2.24, 2.45) is 5.73 Å². The Morgan fingerprint density at radius 2 is 1.90 bits per heavy atom. The van der Waals surface area contributed by atoms with Crippen LogP contribution in [0, 0.1) is 5.82 Å². The molecule has 0 saturated carbocycles. The molecule has 0 amide bonds. The van der Waals surface area contributed by atoms with Gasteiger partial charge in [-0.15, -0.1) is 0 Å². The summed E-state index contributed by atoms with van der Waals surface area (Å²) in [5.74, 6) is -0.203. The smallest absolute Gasteiger partial charge is 0.126 e. The Bertz CT molecular complexity index is 740. The first-order chi connectivity index (χ1) is 9.74. The second-order valence-corrected chi connectivity index (χ2v) is 4.86. The van der Waals surface area contributed by atoms with Gasteiger partial charge in [0.15, 0.2) is 0 Å². The summed E-state index contributed by atoms with van der Waals surface area (Å²) in [5.41, 5.74) is 8.78. The zero-order chi connectivity index (χ0) is 13.9. The van der Waals surface area contributed by atoms with E-state index in [1.165, 1.54) is 6.07 Å². The SMILES string of the molecule is NC(Cc1ccccc1F)c1ccc2ncccc2c1. The lowest BCUT2D eigenvalue weighted by Gasteiger charge is -2.13. The maximum atomic E-state index is 13.7. The molecule has 0 aliphatic heterocycles. The fraction of sp³-hybridized carbons (Fsp3) is 0.118. The lowest BCUT2D eigenvalue weighted by Crippen LogP contribution is -2.14. The predicted molar refractivity (Wildman–Crippen MR) is 78.8 cm³/mol. The van der Waals surface area contributed by atoms with Crippen molar-refractivity contribution in [3.63, 3.8) is 0 Å². The molecule has 3 heteroatoms. The fourth-order valence-corrected chi connectivity index (χ4v) is 2.34. The second kappa shape index (κ2) is 5.39. The average molecular weight is 266 g/mol. The fourth-order valence-electron chi connectivity index (χ4n) is 2.34. The summed E-state index contributed by atoms with van der Waals surface area (Å²) in [6.07, 6.45) is 2.25. The van der Waals surface area contributed by atoms with Crippen LogP contribution in [0.5, 0.6) is 0 Å². The number of rotatable bonds is 3. The topological polar surface area (TPSA) is 38.9 Å². The first kappa shape index (κ1) is 12.8. The van der Waals surface area contributed by atoms with E-state index >= 15 is 0 Å². The number of halogens is 1. The van der Waals surface area contributed by atoms with Crippen LogP contribution in [0.15, 0.2) is 60.8 Å². The molecule has 1 aromatic heterocycles. The lowest BCUT2D eigenvalue weighted by molar-refractivity contribution is 0.593. The summed E-state index contributed by atoms with van der Waals surface area (Å²) < 4.78 is 13.7. The summed E-state index contributed by atoms with van der Waals surface area (Å²) in [6, 6.07) is 16.4. The first-order valence-electron chi connectivity index (χ1n) is 6.58. The number of pyridine rings is 1. The van der Waals surface area contributed by atoms with Gasteiger partial charge < -0.3 is 5.73 Å². The Kier molecular flexibility index (Phi) is 3.44. The molecule has 1 heterocycles. The standard InChI is InChI=1S/C17H15FN2/c18-15-6-2-1-4-12(15)11-16(19)13-7-8-17-14(10-13)5-3-9-20-17/h1-10,16H,11,19H2. The number of hydrogen-bond donors (Lipinski definition) is 1. The molecule has 3 rings (SSSR count).